The Hall–Kier alpha value is -1.14. The molecule has 0 amide bonds. The second-order valence-corrected chi connectivity index (χ2v) is 4.77. The first kappa shape index (κ1) is 14.9. The molecule has 0 bridgehead atoms. The maximum absolute atomic E-state index is 11.0. The van der Waals surface area contributed by atoms with Gasteiger partial charge >= 0.3 is 5.97 Å². The van der Waals surface area contributed by atoms with E-state index in [0.29, 0.717) is 13.0 Å². The van der Waals surface area contributed by atoms with E-state index in [2.05, 4.69) is 15.3 Å². The van der Waals surface area contributed by atoms with E-state index in [1.165, 1.54) is 11.8 Å². The van der Waals surface area contributed by atoms with Crippen molar-refractivity contribution in [3.05, 3.63) is 18.0 Å². The largest absolute Gasteiger partial charge is 0.480 e. The van der Waals surface area contributed by atoms with E-state index in [0.717, 1.165) is 23.6 Å². The molecule has 18 heavy (non-hydrogen) atoms. The number of rotatable bonds is 8. The number of carbonyl (C=O) groups is 1. The summed E-state index contributed by atoms with van der Waals surface area (Å²) >= 11 is 1.48. The number of thioether (sulfide) groups is 1. The molecule has 0 saturated heterocycles. The minimum Gasteiger partial charge on any atom is -0.480 e. The van der Waals surface area contributed by atoms with Gasteiger partial charge in [0.15, 0.2) is 5.16 Å². The fourth-order valence-corrected chi connectivity index (χ4v) is 1.82. The van der Waals surface area contributed by atoms with Crippen molar-refractivity contribution in [1.29, 1.82) is 0 Å². The number of aromatic nitrogens is 2. The second-order valence-electron chi connectivity index (χ2n) is 3.99. The molecule has 0 aliphatic carbocycles. The van der Waals surface area contributed by atoms with Crippen LogP contribution in [0.4, 0.5) is 0 Å². The molecule has 0 aromatic carbocycles. The van der Waals surface area contributed by atoms with Gasteiger partial charge in [-0.2, -0.15) is 0 Å². The van der Waals surface area contributed by atoms with Crippen molar-refractivity contribution in [2.75, 3.05) is 6.26 Å². The van der Waals surface area contributed by atoms with Gasteiger partial charge in [0.25, 0.3) is 0 Å². The number of aliphatic carboxylic acids is 1. The van der Waals surface area contributed by atoms with Crippen molar-refractivity contribution in [2.24, 2.45) is 0 Å². The average Bonchev–Trinajstić information content (AvgIpc) is 2.39. The summed E-state index contributed by atoms with van der Waals surface area (Å²) in [5.74, 6) is -0.801. The van der Waals surface area contributed by atoms with Gasteiger partial charge in [0.1, 0.15) is 6.04 Å². The maximum atomic E-state index is 11.0. The zero-order valence-electron chi connectivity index (χ0n) is 10.7. The summed E-state index contributed by atoms with van der Waals surface area (Å²) in [6.45, 7) is 2.53. The Balaban J connectivity index is 2.47. The van der Waals surface area contributed by atoms with E-state index in [9.17, 15) is 4.79 Å². The van der Waals surface area contributed by atoms with Crippen LogP contribution in [0.3, 0.4) is 0 Å². The molecule has 1 rings (SSSR count). The van der Waals surface area contributed by atoms with Crippen LogP contribution in [-0.2, 0) is 11.3 Å². The van der Waals surface area contributed by atoms with Gasteiger partial charge in [-0.1, -0.05) is 31.5 Å². The Morgan fingerprint density at radius 2 is 2.17 bits per heavy atom. The SMILES string of the molecule is CCCCC(NCc1cnc(SC)nc1)C(=O)O. The van der Waals surface area contributed by atoms with Crippen LogP contribution in [-0.4, -0.2) is 33.3 Å². The summed E-state index contributed by atoms with van der Waals surface area (Å²) in [4.78, 5) is 19.3. The fourth-order valence-electron chi connectivity index (χ4n) is 1.50. The molecular weight excluding hydrogens is 250 g/mol. The van der Waals surface area contributed by atoms with Crippen LogP contribution in [0.25, 0.3) is 0 Å². The second kappa shape index (κ2) is 8.05. The molecule has 1 heterocycles. The van der Waals surface area contributed by atoms with Crippen molar-refractivity contribution in [1.82, 2.24) is 15.3 Å². The first-order valence-electron chi connectivity index (χ1n) is 5.98. The van der Waals surface area contributed by atoms with E-state index in [4.69, 9.17) is 5.11 Å². The number of hydrogen-bond donors (Lipinski definition) is 2. The van der Waals surface area contributed by atoms with Gasteiger partial charge in [-0.05, 0) is 12.7 Å². The smallest absolute Gasteiger partial charge is 0.320 e. The van der Waals surface area contributed by atoms with Crippen molar-refractivity contribution in [3.8, 4) is 0 Å². The molecule has 1 aromatic heterocycles. The molecule has 0 aliphatic rings. The molecule has 1 unspecified atom stereocenters. The number of unbranched alkanes of at least 4 members (excludes halogenated alkanes) is 1. The lowest BCUT2D eigenvalue weighted by Gasteiger charge is -2.13. The lowest BCUT2D eigenvalue weighted by Crippen LogP contribution is -2.36. The highest BCUT2D eigenvalue weighted by Crippen LogP contribution is 2.07. The van der Waals surface area contributed by atoms with Crippen LogP contribution in [0.1, 0.15) is 31.7 Å². The highest BCUT2D eigenvalue weighted by molar-refractivity contribution is 7.98. The zero-order chi connectivity index (χ0) is 13.4. The molecule has 0 fully saturated rings. The maximum Gasteiger partial charge on any atom is 0.320 e. The van der Waals surface area contributed by atoms with Crippen LogP contribution in [0.5, 0.6) is 0 Å². The topological polar surface area (TPSA) is 75.1 Å². The van der Waals surface area contributed by atoms with Gasteiger partial charge in [0, 0.05) is 24.5 Å². The highest BCUT2D eigenvalue weighted by Gasteiger charge is 2.15. The molecular formula is C12H19N3O2S. The number of hydrogen-bond acceptors (Lipinski definition) is 5. The molecule has 0 aliphatic heterocycles. The average molecular weight is 269 g/mol. The normalized spacial score (nSPS) is 12.3. The Bertz CT molecular complexity index is 370. The summed E-state index contributed by atoms with van der Waals surface area (Å²) < 4.78 is 0. The van der Waals surface area contributed by atoms with Gasteiger partial charge in [-0.15, -0.1) is 0 Å². The first-order valence-corrected chi connectivity index (χ1v) is 7.21. The summed E-state index contributed by atoms with van der Waals surface area (Å²) in [5, 5.41) is 12.8. The summed E-state index contributed by atoms with van der Waals surface area (Å²) in [7, 11) is 0. The Morgan fingerprint density at radius 1 is 1.50 bits per heavy atom. The molecule has 0 radical (unpaired) electrons. The summed E-state index contributed by atoms with van der Waals surface area (Å²) in [5.41, 5.74) is 0.899. The van der Waals surface area contributed by atoms with Gasteiger partial charge < -0.3 is 10.4 Å². The van der Waals surface area contributed by atoms with Crippen LogP contribution in [0, 0.1) is 0 Å². The Labute approximate surface area is 111 Å². The van der Waals surface area contributed by atoms with Crippen LogP contribution in [0.15, 0.2) is 17.6 Å². The third-order valence-electron chi connectivity index (χ3n) is 2.56. The summed E-state index contributed by atoms with van der Waals surface area (Å²) in [6, 6.07) is -0.495. The van der Waals surface area contributed by atoms with E-state index >= 15 is 0 Å². The minimum absolute atomic E-state index is 0.481. The van der Waals surface area contributed by atoms with Crippen molar-refractivity contribution in [2.45, 2.75) is 43.9 Å². The number of nitrogens with one attached hydrogen (secondary N) is 1. The molecule has 0 spiro atoms. The number of carboxylic acids is 1. The van der Waals surface area contributed by atoms with E-state index in [-0.39, 0.29) is 0 Å². The lowest BCUT2D eigenvalue weighted by atomic mass is 10.1. The van der Waals surface area contributed by atoms with Gasteiger partial charge in [0.2, 0.25) is 0 Å². The predicted molar refractivity (Wildman–Crippen MR) is 71.6 cm³/mol. The Kier molecular flexibility index (Phi) is 6.67. The van der Waals surface area contributed by atoms with Crippen molar-refractivity contribution < 1.29 is 9.90 Å². The predicted octanol–water partition coefficient (Wildman–Crippen LogP) is 1.93. The van der Waals surface area contributed by atoms with E-state index in [1.54, 1.807) is 12.4 Å². The van der Waals surface area contributed by atoms with Gasteiger partial charge in [-0.3, -0.25) is 4.79 Å². The van der Waals surface area contributed by atoms with E-state index < -0.39 is 12.0 Å². The standard InChI is InChI=1S/C12H19N3O2S/c1-3-4-5-10(11(16)17)13-6-9-7-14-12(18-2)15-8-9/h7-8,10,13H,3-6H2,1-2H3,(H,16,17). The van der Waals surface area contributed by atoms with Crippen LogP contribution in [0.2, 0.25) is 0 Å². The van der Waals surface area contributed by atoms with Gasteiger partial charge in [-0.25, -0.2) is 9.97 Å². The third kappa shape index (κ3) is 5.01. The van der Waals surface area contributed by atoms with Crippen molar-refractivity contribution >= 4 is 17.7 Å². The highest BCUT2D eigenvalue weighted by atomic mass is 32.2. The minimum atomic E-state index is -0.801. The van der Waals surface area contributed by atoms with E-state index in [1.807, 2.05) is 13.2 Å². The zero-order valence-corrected chi connectivity index (χ0v) is 11.5. The Morgan fingerprint density at radius 3 is 2.67 bits per heavy atom. The lowest BCUT2D eigenvalue weighted by molar-refractivity contribution is -0.139. The number of carboxylic acid groups (broad SMARTS) is 1. The molecule has 100 valence electrons. The molecule has 1 aromatic rings. The van der Waals surface area contributed by atoms with Crippen molar-refractivity contribution in [3.63, 3.8) is 0 Å². The molecule has 0 saturated carbocycles. The molecule has 2 N–H and O–H groups in total. The number of nitrogens with zero attached hydrogens (tertiary/aromatic N) is 2. The molecule has 1 atom stereocenters. The van der Waals surface area contributed by atoms with Gasteiger partial charge in [0.05, 0.1) is 0 Å². The molecule has 5 nitrogen and oxygen atoms in total. The third-order valence-corrected chi connectivity index (χ3v) is 3.14. The summed E-state index contributed by atoms with van der Waals surface area (Å²) in [6.07, 6.45) is 7.92. The van der Waals surface area contributed by atoms with Crippen LogP contribution < -0.4 is 5.32 Å². The monoisotopic (exact) mass is 269 g/mol. The molecule has 6 heteroatoms. The quantitative estimate of drug-likeness (QED) is 0.555. The first-order chi connectivity index (χ1) is 8.67. The fraction of sp³-hybridized carbons (Fsp3) is 0.583. The van der Waals surface area contributed by atoms with Crippen LogP contribution >= 0.6 is 11.8 Å².